The van der Waals surface area contributed by atoms with E-state index in [-0.39, 0.29) is 10.8 Å². The molecule has 2 nitrogen and oxygen atoms in total. The van der Waals surface area contributed by atoms with Crippen molar-refractivity contribution in [3.05, 3.63) is 120 Å². The molecule has 0 spiro atoms. The van der Waals surface area contributed by atoms with Crippen LogP contribution in [0.4, 0.5) is 11.4 Å². The number of allylic oxidation sites excluding steroid dienone is 5. The van der Waals surface area contributed by atoms with Crippen molar-refractivity contribution in [1.82, 2.24) is 0 Å². The van der Waals surface area contributed by atoms with Crippen LogP contribution in [0.5, 0.6) is 0 Å². The van der Waals surface area contributed by atoms with Crippen molar-refractivity contribution in [2.45, 2.75) is 84.1 Å². The van der Waals surface area contributed by atoms with E-state index in [1.807, 2.05) is 0 Å². The summed E-state index contributed by atoms with van der Waals surface area (Å²) in [6.45, 7) is 16.0. The Morgan fingerprint density at radius 2 is 1.21 bits per heavy atom. The number of anilines is 2. The largest absolute Gasteiger partial charge is 0.364 e. The Morgan fingerprint density at radius 1 is 0.605 bits per heavy atom. The van der Waals surface area contributed by atoms with Gasteiger partial charge in [0.1, 0.15) is 0 Å². The van der Waals surface area contributed by atoms with E-state index >= 15 is 0 Å². The van der Waals surface area contributed by atoms with Gasteiger partial charge in [-0.3, -0.25) is 0 Å². The molecule has 2 heteroatoms. The van der Waals surface area contributed by atoms with Crippen molar-refractivity contribution in [2.75, 3.05) is 22.9 Å². The lowest BCUT2D eigenvalue weighted by molar-refractivity contribution is 0.371. The Morgan fingerprint density at radius 3 is 1.79 bits per heavy atom. The van der Waals surface area contributed by atoms with Crippen LogP contribution in [0.15, 0.2) is 109 Å². The van der Waals surface area contributed by atoms with Crippen molar-refractivity contribution >= 4 is 32.9 Å². The van der Waals surface area contributed by atoms with Gasteiger partial charge >= 0.3 is 0 Å². The van der Waals surface area contributed by atoms with Crippen LogP contribution in [-0.4, -0.2) is 19.1 Å². The molecule has 0 saturated carbocycles. The van der Waals surface area contributed by atoms with Gasteiger partial charge in [0.25, 0.3) is 0 Å². The Labute approximate surface area is 259 Å². The van der Waals surface area contributed by atoms with Crippen LogP contribution in [-0.2, 0) is 10.8 Å². The molecule has 0 fully saturated rings. The van der Waals surface area contributed by atoms with Gasteiger partial charge in [-0.2, -0.15) is 0 Å². The number of hydrogen-bond donors (Lipinski definition) is 0. The normalized spacial score (nSPS) is 19.9. The van der Waals surface area contributed by atoms with Gasteiger partial charge in [-0.15, -0.1) is 0 Å². The first-order chi connectivity index (χ1) is 21.0. The first-order valence-electron chi connectivity index (χ1n) is 16.7. The highest BCUT2D eigenvalue weighted by Gasteiger charge is 2.48. The maximum atomic E-state index is 2.63. The SMILES string of the molecule is CCN1/C(=C/C=C/C=C/C2N(CC)c3ccc4ccccc4c3C2(CC)CC)C(CC)(CC)c2c1ccc1ccccc21. The van der Waals surface area contributed by atoms with Gasteiger partial charge in [-0.05, 0) is 90.4 Å². The minimum Gasteiger partial charge on any atom is -0.364 e. The van der Waals surface area contributed by atoms with Crippen molar-refractivity contribution in [3.8, 4) is 0 Å². The van der Waals surface area contributed by atoms with Gasteiger partial charge in [0, 0.05) is 41.0 Å². The quantitative estimate of drug-likeness (QED) is 0.185. The summed E-state index contributed by atoms with van der Waals surface area (Å²) in [4.78, 5) is 5.19. The van der Waals surface area contributed by atoms with Crippen molar-refractivity contribution < 1.29 is 0 Å². The average Bonchev–Trinajstić information content (AvgIpc) is 3.50. The minimum atomic E-state index is 0.0208. The summed E-state index contributed by atoms with van der Waals surface area (Å²) in [6, 6.07) is 27.5. The highest BCUT2D eigenvalue weighted by Crippen LogP contribution is 2.55. The molecule has 0 amide bonds. The van der Waals surface area contributed by atoms with Gasteiger partial charge < -0.3 is 9.80 Å². The molecule has 1 unspecified atom stereocenters. The zero-order valence-electron chi connectivity index (χ0n) is 27.0. The van der Waals surface area contributed by atoms with E-state index in [9.17, 15) is 0 Å². The first-order valence-corrected chi connectivity index (χ1v) is 16.7. The second-order valence-electron chi connectivity index (χ2n) is 12.3. The number of hydrogen-bond acceptors (Lipinski definition) is 2. The van der Waals surface area contributed by atoms with E-state index in [4.69, 9.17) is 0 Å². The van der Waals surface area contributed by atoms with Gasteiger partial charge in [-0.25, -0.2) is 0 Å². The molecule has 0 bridgehead atoms. The molecule has 0 aliphatic carbocycles. The van der Waals surface area contributed by atoms with Crippen LogP contribution in [0.3, 0.4) is 0 Å². The fourth-order valence-corrected chi connectivity index (χ4v) is 8.74. The third-order valence-electron chi connectivity index (χ3n) is 11.0. The summed E-state index contributed by atoms with van der Waals surface area (Å²) in [7, 11) is 0. The Bertz CT molecular complexity index is 1710. The first kappa shape index (κ1) is 29.3. The third kappa shape index (κ3) is 4.28. The Balaban J connectivity index is 1.37. The summed E-state index contributed by atoms with van der Waals surface area (Å²) in [6.07, 6.45) is 16.2. The topological polar surface area (TPSA) is 6.48 Å². The van der Waals surface area contributed by atoms with E-state index in [2.05, 4.69) is 155 Å². The molecular weight excluding hydrogens is 520 g/mol. The molecule has 2 aliphatic rings. The van der Waals surface area contributed by atoms with E-state index in [1.165, 1.54) is 44.2 Å². The second-order valence-corrected chi connectivity index (χ2v) is 12.3. The molecule has 1 atom stereocenters. The minimum absolute atomic E-state index is 0.0208. The van der Waals surface area contributed by atoms with Crippen LogP contribution in [0.25, 0.3) is 21.5 Å². The second kappa shape index (κ2) is 11.7. The zero-order valence-corrected chi connectivity index (χ0v) is 27.0. The molecule has 222 valence electrons. The molecule has 4 aromatic rings. The number of benzene rings is 4. The molecule has 0 radical (unpaired) electrons. The van der Waals surface area contributed by atoms with Gasteiger partial charge in [0.15, 0.2) is 0 Å². The van der Waals surface area contributed by atoms with Crippen LogP contribution < -0.4 is 9.80 Å². The molecular formula is C41H48N2. The fraction of sp³-hybridized carbons (Fsp3) is 0.366. The van der Waals surface area contributed by atoms with Crippen LogP contribution >= 0.6 is 0 Å². The summed E-state index contributed by atoms with van der Waals surface area (Å²) in [5, 5.41) is 5.50. The number of fused-ring (bicyclic) bond motifs is 6. The Kier molecular flexibility index (Phi) is 7.98. The lowest BCUT2D eigenvalue weighted by Crippen LogP contribution is -2.43. The fourth-order valence-electron chi connectivity index (χ4n) is 8.74. The summed E-state index contributed by atoms with van der Waals surface area (Å²) >= 11 is 0. The van der Waals surface area contributed by atoms with E-state index in [1.54, 1.807) is 5.56 Å². The summed E-state index contributed by atoms with van der Waals surface area (Å²) in [5.74, 6) is 0. The van der Waals surface area contributed by atoms with E-state index < -0.39 is 0 Å². The molecule has 2 heterocycles. The number of nitrogens with zero attached hydrogens (tertiary/aromatic N) is 2. The van der Waals surface area contributed by atoms with Crippen LogP contribution in [0.2, 0.25) is 0 Å². The molecule has 0 aromatic heterocycles. The van der Waals surface area contributed by atoms with Crippen molar-refractivity contribution in [3.63, 3.8) is 0 Å². The predicted octanol–water partition coefficient (Wildman–Crippen LogP) is 10.9. The number of rotatable bonds is 9. The number of likely N-dealkylation sites (N-methyl/N-ethyl adjacent to an activating group) is 2. The smallest absolute Gasteiger partial charge is 0.0573 e. The monoisotopic (exact) mass is 568 g/mol. The van der Waals surface area contributed by atoms with Crippen LogP contribution in [0.1, 0.15) is 78.4 Å². The van der Waals surface area contributed by atoms with Gasteiger partial charge in [-0.1, -0.05) is 113 Å². The molecule has 0 N–H and O–H groups in total. The van der Waals surface area contributed by atoms with E-state index in [0.717, 1.165) is 38.8 Å². The summed E-state index contributed by atoms with van der Waals surface area (Å²) < 4.78 is 0. The third-order valence-corrected chi connectivity index (χ3v) is 11.0. The van der Waals surface area contributed by atoms with E-state index in [0.29, 0.717) is 6.04 Å². The maximum absolute atomic E-state index is 2.63. The molecule has 6 rings (SSSR count). The molecule has 2 aliphatic heterocycles. The molecule has 0 saturated heterocycles. The molecule has 4 aromatic carbocycles. The maximum Gasteiger partial charge on any atom is 0.0573 e. The standard InChI is InChI=1S/C41H48N2/c1-7-40(8-2)36(42(11-5)34-28-26-30-20-16-18-22-32(30)38(34)40)24-14-13-15-25-37-41(9-3,10-4)39-33-23-19-17-21-31(33)27-29-35(39)43(37)12-6/h13-29,36H,7-12H2,1-6H3/b15-13+,24-14+,37-25+. The zero-order chi connectivity index (χ0) is 30.2. The van der Waals surface area contributed by atoms with Gasteiger partial charge in [0.2, 0.25) is 0 Å². The van der Waals surface area contributed by atoms with Gasteiger partial charge in [0.05, 0.1) is 6.04 Å². The lowest BCUT2D eigenvalue weighted by Gasteiger charge is -2.36. The Hall–Kier alpha value is -3.78. The predicted molar refractivity (Wildman–Crippen MR) is 189 cm³/mol. The lowest BCUT2D eigenvalue weighted by atomic mass is 9.70. The van der Waals surface area contributed by atoms with Crippen molar-refractivity contribution in [1.29, 1.82) is 0 Å². The average molecular weight is 569 g/mol. The van der Waals surface area contributed by atoms with Crippen molar-refractivity contribution in [2.24, 2.45) is 0 Å². The van der Waals surface area contributed by atoms with Crippen LogP contribution in [0, 0.1) is 0 Å². The highest BCUT2D eigenvalue weighted by atomic mass is 15.2. The summed E-state index contributed by atoms with van der Waals surface area (Å²) in [5.41, 5.74) is 7.40. The highest BCUT2D eigenvalue weighted by molar-refractivity contribution is 5.95. The molecule has 43 heavy (non-hydrogen) atoms.